The number of rotatable bonds is 2. The van der Waals surface area contributed by atoms with Gasteiger partial charge < -0.3 is 0 Å². The summed E-state index contributed by atoms with van der Waals surface area (Å²) in [5, 5.41) is 0. The predicted molar refractivity (Wildman–Crippen MR) is 36.3 cm³/mol. The molecule has 0 radical (unpaired) electrons. The molecule has 2 N–H and O–H groups in total. The van der Waals surface area contributed by atoms with Gasteiger partial charge in [0.05, 0.1) is 0 Å². The normalized spacial score (nSPS) is 12.4. The molecular weight excluding hydrogens is 140 g/mol. The largest absolute Gasteiger partial charge is 0.239 e. The zero-order valence-electron chi connectivity index (χ0n) is 5.76. The molecule has 0 aromatic rings. The first-order chi connectivity index (χ1) is 3.92. The van der Waals surface area contributed by atoms with Crippen LogP contribution in [0, 0.1) is 0 Å². The molecule has 0 bridgehead atoms. The van der Waals surface area contributed by atoms with Gasteiger partial charge in [-0.15, -0.1) is 0 Å². The van der Waals surface area contributed by atoms with Gasteiger partial charge in [0.15, 0.2) is 0 Å². The second-order valence-electron chi connectivity index (χ2n) is 2.74. The molecule has 0 fully saturated rings. The van der Waals surface area contributed by atoms with E-state index in [0.29, 0.717) is 0 Å². The van der Waals surface area contributed by atoms with Gasteiger partial charge in [0, 0.05) is 5.54 Å². The van der Waals surface area contributed by atoms with Crippen LogP contribution in [0.25, 0.3) is 0 Å². The number of hydrogen-bond acceptors (Lipinski definition) is 3. The van der Waals surface area contributed by atoms with Crippen LogP contribution in [0.15, 0.2) is 0 Å². The first-order valence-corrected chi connectivity index (χ1v) is 3.77. The first-order valence-electron chi connectivity index (χ1n) is 2.59. The second kappa shape index (κ2) is 3.14. The van der Waals surface area contributed by atoms with E-state index in [1.807, 2.05) is 20.8 Å². The molecular formula is C4H12N2O2S. The van der Waals surface area contributed by atoms with Gasteiger partial charge in [-0.3, -0.25) is 0 Å². The van der Waals surface area contributed by atoms with E-state index in [0.717, 1.165) is 0 Å². The summed E-state index contributed by atoms with van der Waals surface area (Å²) < 4.78 is 19.8. The Morgan fingerprint density at radius 2 is 1.67 bits per heavy atom. The van der Waals surface area contributed by atoms with Crippen LogP contribution in [0.3, 0.4) is 0 Å². The predicted octanol–water partition coefficient (Wildman–Crippen LogP) is -0.594. The molecule has 56 valence electrons. The minimum Gasteiger partial charge on any atom is -0.239 e. The smallest absolute Gasteiger partial charge is 0.214 e. The highest BCUT2D eigenvalue weighted by molar-refractivity contribution is 7.70. The maximum absolute atomic E-state index is 9.91. The Morgan fingerprint density at radius 1 is 1.22 bits per heavy atom. The molecule has 5 heteroatoms. The molecule has 9 heavy (non-hydrogen) atoms. The molecule has 0 aliphatic rings. The standard InChI is InChI=1S/C4H12N2O2S/c1-4(2,3)5-6-9(7)8/h5,9H,1-3H3,(H,6,7,8). The Bertz CT molecular complexity index is 139. The molecule has 0 heterocycles. The zero-order chi connectivity index (χ0) is 7.49. The Kier molecular flexibility index (Phi) is 3.10. The van der Waals surface area contributed by atoms with Crippen LogP contribution in [-0.2, 0) is 10.9 Å². The van der Waals surface area contributed by atoms with Crippen molar-refractivity contribution in [3.63, 3.8) is 0 Å². The van der Waals surface area contributed by atoms with Gasteiger partial charge in [-0.2, -0.15) is 4.83 Å². The highest BCUT2D eigenvalue weighted by atomic mass is 32.2. The molecule has 0 aliphatic heterocycles. The summed E-state index contributed by atoms with van der Waals surface area (Å²) in [7, 11) is -2.53. The first kappa shape index (κ1) is 8.87. The molecule has 0 aromatic carbocycles. The summed E-state index contributed by atoms with van der Waals surface area (Å²) >= 11 is 0. The number of nitrogens with one attached hydrogen (secondary N) is 2. The van der Waals surface area contributed by atoms with Crippen LogP contribution < -0.4 is 10.3 Å². The maximum atomic E-state index is 9.91. The Balaban J connectivity index is 3.52. The van der Waals surface area contributed by atoms with Crippen molar-refractivity contribution in [2.75, 3.05) is 0 Å². The van der Waals surface area contributed by atoms with Crippen molar-refractivity contribution in [3.05, 3.63) is 0 Å². The quantitative estimate of drug-likeness (QED) is 0.366. The van der Waals surface area contributed by atoms with Crippen LogP contribution >= 0.6 is 0 Å². The molecule has 0 amide bonds. The van der Waals surface area contributed by atoms with Crippen molar-refractivity contribution in [1.82, 2.24) is 10.3 Å². The summed E-state index contributed by atoms with van der Waals surface area (Å²) in [6, 6.07) is 0. The lowest BCUT2D eigenvalue weighted by molar-refractivity contribution is 0.406. The average Bonchev–Trinajstić information content (AvgIpc) is 1.59. The van der Waals surface area contributed by atoms with Crippen molar-refractivity contribution in [2.45, 2.75) is 26.3 Å². The molecule has 0 spiro atoms. The third-order valence-corrected chi connectivity index (χ3v) is 0.817. The summed E-state index contributed by atoms with van der Waals surface area (Å²) in [5.41, 5.74) is 2.36. The SMILES string of the molecule is CC(C)(C)NN[SH](=O)=O. The molecule has 0 rings (SSSR count). The molecule has 0 saturated heterocycles. The van der Waals surface area contributed by atoms with E-state index >= 15 is 0 Å². The van der Waals surface area contributed by atoms with Gasteiger partial charge in [0.25, 0.3) is 0 Å². The Hall–Kier alpha value is -0.130. The number of hydrogen-bond donors (Lipinski definition) is 3. The Labute approximate surface area is 56.7 Å². The van der Waals surface area contributed by atoms with E-state index in [2.05, 4.69) is 10.3 Å². The fourth-order valence-electron chi connectivity index (χ4n) is 0.213. The van der Waals surface area contributed by atoms with E-state index in [4.69, 9.17) is 0 Å². The van der Waals surface area contributed by atoms with Crippen molar-refractivity contribution in [1.29, 1.82) is 0 Å². The van der Waals surface area contributed by atoms with Crippen molar-refractivity contribution in [3.8, 4) is 0 Å². The monoisotopic (exact) mass is 152 g/mol. The zero-order valence-corrected chi connectivity index (χ0v) is 6.66. The minimum absolute atomic E-state index is 0.213. The van der Waals surface area contributed by atoms with Gasteiger partial charge >= 0.3 is 0 Å². The molecule has 0 aromatic heterocycles. The fourth-order valence-corrected chi connectivity index (χ4v) is 0.640. The van der Waals surface area contributed by atoms with Gasteiger partial charge in [-0.1, -0.05) is 0 Å². The average molecular weight is 152 g/mol. The van der Waals surface area contributed by atoms with Gasteiger partial charge in [-0.25, -0.2) is 13.8 Å². The minimum atomic E-state index is -2.53. The van der Waals surface area contributed by atoms with Crippen LogP contribution in [0.1, 0.15) is 20.8 Å². The van der Waals surface area contributed by atoms with E-state index < -0.39 is 10.9 Å². The van der Waals surface area contributed by atoms with Crippen molar-refractivity contribution >= 4 is 10.9 Å². The molecule has 4 nitrogen and oxygen atoms in total. The lowest BCUT2D eigenvalue weighted by Gasteiger charge is -2.17. The lowest BCUT2D eigenvalue weighted by atomic mass is 10.1. The fraction of sp³-hybridized carbons (Fsp3) is 1.00. The van der Waals surface area contributed by atoms with Gasteiger partial charge in [0.1, 0.15) is 0 Å². The van der Waals surface area contributed by atoms with Crippen molar-refractivity contribution in [2.24, 2.45) is 0 Å². The van der Waals surface area contributed by atoms with Crippen LogP contribution in [-0.4, -0.2) is 14.0 Å². The maximum Gasteiger partial charge on any atom is 0.214 e. The topological polar surface area (TPSA) is 58.2 Å². The summed E-state index contributed by atoms with van der Waals surface area (Å²) in [6.07, 6.45) is 0. The second-order valence-corrected chi connectivity index (χ2v) is 3.48. The number of thiol groups is 1. The van der Waals surface area contributed by atoms with Crippen LogP contribution in [0.2, 0.25) is 0 Å². The van der Waals surface area contributed by atoms with Gasteiger partial charge in [0.2, 0.25) is 10.9 Å². The van der Waals surface area contributed by atoms with Crippen LogP contribution in [0.4, 0.5) is 0 Å². The van der Waals surface area contributed by atoms with Crippen LogP contribution in [0.5, 0.6) is 0 Å². The molecule has 0 unspecified atom stereocenters. The van der Waals surface area contributed by atoms with E-state index in [1.54, 1.807) is 0 Å². The summed E-state index contributed by atoms with van der Waals surface area (Å²) in [6.45, 7) is 5.58. The number of hydrazine groups is 1. The van der Waals surface area contributed by atoms with E-state index in [9.17, 15) is 8.42 Å². The third-order valence-electron chi connectivity index (χ3n) is 0.522. The highest BCUT2D eigenvalue weighted by Gasteiger charge is 2.06. The van der Waals surface area contributed by atoms with Gasteiger partial charge in [-0.05, 0) is 20.8 Å². The van der Waals surface area contributed by atoms with Crippen molar-refractivity contribution < 1.29 is 8.42 Å². The third kappa shape index (κ3) is 7.87. The lowest BCUT2D eigenvalue weighted by Crippen LogP contribution is -2.45. The van der Waals surface area contributed by atoms with E-state index in [-0.39, 0.29) is 5.54 Å². The Morgan fingerprint density at radius 3 is 1.78 bits per heavy atom. The summed E-state index contributed by atoms with van der Waals surface area (Å²) in [4.78, 5) is 2.09. The van der Waals surface area contributed by atoms with E-state index in [1.165, 1.54) is 0 Å². The molecule has 0 saturated carbocycles. The molecule has 0 atom stereocenters. The highest BCUT2D eigenvalue weighted by Crippen LogP contribution is 1.94. The summed E-state index contributed by atoms with van der Waals surface area (Å²) in [5.74, 6) is 0. The molecule has 0 aliphatic carbocycles.